The van der Waals surface area contributed by atoms with Crippen LogP contribution in [0, 0.1) is 23.2 Å². The first-order chi connectivity index (χ1) is 14.8. The maximum atomic E-state index is 13.3. The molecule has 1 aromatic carbocycles. The van der Waals surface area contributed by atoms with Crippen molar-refractivity contribution in [2.24, 2.45) is 17.6 Å². The van der Waals surface area contributed by atoms with Crippen LogP contribution in [-0.2, 0) is 19.4 Å². The third-order valence-corrected chi connectivity index (χ3v) is 6.72. The van der Waals surface area contributed by atoms with Gasteiger partial charge in [0, 0.05) is 24.3 Å². The van der Waals surface area contributed by atoms with Crippen molar-refractivity contribution in [2.75, 3.05) is 12.8 Å². The molecule has 3 atom stereocenters. The molecule has 0 saturated carbocycles. The van der Waals surface area contributed by atoms with Crippen LogP contribution >= 0.6 is 11.6 Å². The number of amides is 2. The number of nitrogens with two attached hydrogens (primary N) is 1. The second-order valence-corrected chi connectivity index (χ2v) is 10.9. The predicted molar refractivity (Wildman–Crippen MR) is 119 cm³/mol. The highest BCUT2D eigenvalue weighted by molar-refractivity contribution is 7.90. The minimum absolute atomic E-state index is 0.0378. The number of sulfone groups is 1. The standard InChI is InChI=1S/C21H27ClN4O5S/c1-12(2)10-21(24,18(27)16-5-4-15(9-17(16)22)32(3,30)31)20(29)26-14(11-23)8-13-6-7-25-19(13)28/h4-5,9,12-14H,6-8,10,24H2,1-3H3,(H,25,28)(H,26,29)/t13-,14-,21+/m0/s1. The summed E-state index contributed by atoms with van der Waals surface area (Å²) >= 11 is 6.17. The van der Waals surface area contributed by atoms with Crippen LogP contribution < -0.4 is 16.4 Å². The van der Waals surface area contributed by atoms with Crippen LogP contribution in [-0.4, -0.2) is 50.4 Å². The fraction of sp³-hybridized carbons (Fsp3) is 0.524. The van der Waals surface area contributed by atoms with Crippen LogP contribution in [0.25, 0.3) is 0 Å². The number of nitrogens with one attached hydrogen (secondary N) is 2. The number of benzene rings is 1. The lowest BCUT2D eigenvalue weighted by Crippen LogP contribution is -2.61. The number of hydrogen-bond acceptors (Lipinski definition) is 7. The molecule has 32 heavy (non-hydrogen) atoms. The molecule has 0 unspecified atom stereocenters. The zero-order valence-electron chi connectivity index (χ0n) is 18.1. The average Bonchev–Trinajstić information content (AvgIpc) is 3.09. The Morgan fingerprint density at radius 3 is 2.53 bits per heavy atom. The molecule has 9 nitrogen and oxygen atoms in total. The Morgan fingerprint density at radius 1 is 1.41 bits per heavy atom. The molecule has 4 N–H and O–H groups in total. The molecule has 1 fully saturated rings. The molecule has 1 aliphatic heterocycles. The summed E-state index contributed by atoms with van der Waals surface area (Å²) in [6, 6.07) is 4.51. The molecule has 0 aromatic heterocycles. The normalized spacial score (nSPS) is 19.0. The van der Waals surface area contributed by atoms with Crippen LogP contribution in [0.5, 0.6) is 0 Å². The van der Waals surface area contributed by atoms with Gasteiger partial charge in [-0.3, -0.25) is 14.4 Å². The SMILES string of the molecule is CC(C)C[C@](N)(C(=O)N[C@H](C#N)C[C@@H]1CCNC1=O)C(=O)c1ccc(S(C)(=O)=O)cc1Cl. The van der Waals surface area contributed by atoms with E-state index in [4.69, 9.17) is 17.3 Å². The minimum Gasteiger partial charge on any atom is -0.356 e. The molecule has 1 aliphatic rings. The smallest absolute Gasteiger partial charge is 0.249 e. The zero-order chi connectivity index (χ0) is 24.3. The van der Waals surface area contributed by atoms with Gasteiger partial charge in [-0.15, -0.1) is 0 Å². The quantitative estimate of drug-likeness (QED) is 0.352. The summed E-state index contributed by atoms with van der Waals surface area (Å²) in [4.78, 5) is 38.2. The van der Waals surface area contributed by atoms with Gasteiger partial charge in [-0.05, 0) is 43.4 Å². The molecule has 2 rings (SSSR count). The number of Topliss-reactive ketones (excluding diaryl/α,β-unsaturated/α-hetero) is 1. The number of ketones is 1. The fourth-order valence-corrected chi connectivity index (χ4v) is 4.65. The van der Waals surface area contributed by atoms with E-state index in [-0.39, 0.29) is 40.1 Å². The van der Waals surface area contributed by atoms with Crippen LogP contribution in [0.3, 0.4) is 0 Å². The highest BCUT2D eigenvalue weighted by Gasteiger charge is 2.44. The molecule has 1 heterocycles. The number of nitrogens with zero attached hydrogens (tertiary/aromatic N) is 1. The maximum Gasteiger partial charge on any atom is 0.249 e. The molecule has 0 spiro atoms. The Balaban J connectivity index is 2.33. The zero-order valence-corrected chi connectivity index (χ0v) is 19.7. The summed E-state index contributed by atoms with van der Waals surface area (Å²) in [5.74, 6) is -2.40. The highest BCUT2D eigenvalue weighted by Crippen LogP contribution is 2.28. The van der Waals surface area contributed by atoms with E-state index in [9.17, 15) is 28.1 Å². The first-order valence-electron chi connectivity index (χ1n) is 10.1. The van der Waals surface area contributed by atoms with Crippen molar-refractivity contribution in [1.29, 1.82) is 5.26 Å². The molecular weight excluding hydrogens is 456 g/mol. The van der Waals surface area contributed by atoms with Gasteiger partial charge in [0.25, 0.3) is 0 Å². The van der Waals surface area contributed by atoms with Gasteiger partial charge < -0.3 is 16.4 Å². The van der Waals surface area contributed by atoms with E-state index in [1.54, 1.807) is 13.8 Å². The molecule has 1 saturated heterocycles. The first-order valence-corrected chi connectivity index (χ1v) is 12.4. The summed E-state index contributed by atoms with van der Waals surface area (Å²) in [5.41, 5.74) is 4.18. The van der Waals surface area contributed by atoms with Gasteiger partial charge >= 0.3 is 0 Å². The number of carbonyl (C=O) groups is 3. The fourth-order valence-electron chi connectivity index (χ4n) is 3.67. The van der Waals surface area contributed by atoms with Crippen molar-refractivity contribution in [3.63, 3.8) is 0 Å². The Hall–Kier alpha value is -2.48. The van der Waals surface area contributed by atoms with Gasteiger partial charge in [0.05, 0.1) is 16.0 Å². The van der Waals surface area contributed by atoms with E-state index in [2.05, 4.69) is 10.6 Å². The molecule has 0 bridgehead atoms. The first kappa shape index (κ1) is 25.8. The third-order valence-electron chi connectivity index (χ3n) is 5.30. The summed E-state index contributed by atoms with van der Waals surface area (Å²) in [6.07, 6.45) is 1.62. The topological polar surface area (TPSA) is 159 Å². The summed E-state index contributed by atoms with van der Waals surface area (Å²) < 4.78 is 23.5. The van der Waals surface area contributed by atoms with Gasteiger partial charge in [0.15, 0.2) is 21.2 Å². The average molecular weight is 483 g/mol. The number of rotatable bonds is 9. The van der Waals surface area contributed by atoms with Gasteiger partial charge in [-0.25, -0.2) is 8.42 Å². The second-order valence-electron chi connectivity index (χ2n) is 8.48. The lowest BCUT2D eigenvalue weighted by atomic mass is 9.81. The van der Waals surface area contributed by atoms with E-state index in [0.717, 1.165) is 12.3 Å². The van der Waals surface area contributed by atoms with Gasteiger partial charge in [0.2, 0.25) is 11.8 Å². The predicted octanol–water partition coefficient (Wildman–Crippen LogP) is 1.20. The van der Waals surface area contributed by atoms with Crippen LogP contribution in [0.4, 0.5) is 0 Å². The van der Waals surface area contributed by atoms with E-state index in [1.165, 1.54) is 12.1 Å². The number of hydrogen-bond donors (Lipinski definition) is 3. The van der Waals surface area contributed by atoms with Crippen molar-refractivity contribution in [1.82, 2.24) is 10.6 Å². The Kier molecular flexibility index (Phi) is 8.04. The van der Waals surface area contributed by atoms with E-state index in [0.29, 0.717) is 13.0 Å². The Morgan fingerprint density at radius 2 is 2.06 bits per heavy atom. The van der Waals surface area contributed by atoms with Gasteiger partial charge in [-0.2, -0.15) is 5.26 Å². The number of carbonyl (C=O) groups excluding carboxylic acids is 3. The van der Waals surface area contributed by atoms with Crippen molar-refractivity contribution in [3.8, 4) is 6.07 Å². The van der Waals surface area contributed by atoms with Crippen LogP contribution in [0.15, 0.2) is 23.1 Å². The lowest BCUT2D eigenvalue weighted by molar-refractivity contribution is -0.126. The molecule has 174 valence electrons. The maximum absolute atomic E-state index is 13.3. The second kappa shape index (κ2) is 9.98. The molecule has 2 amide bonds. The molecular formula is C21H27ClN4O5S. The number of halogens is 1. The molecule has 0 aliphatic carbocycles. The highest BCUT2D eigenvalue weighted by atomic mass is 35.5. The molecule has 11 heteroatoms. The van der Waals surface area contributed by atoms with Crippen molar-refractivity contribution >= 4 is 39.0 Å². The van der Waals surface area contributed by atoms with Crippen LogP contribution in [0.1, 0.15) is 43.5 Å². The van der Waals surface area contributed by atoms with Gasteiger partial charge in [-0.1, -0.05) is 25.4 Å². The van der Waals surface area contributed by atoms with E-state index in [1.807, 2.05) is 6.07 Å². The minimum atomic E-state index is -3.55. The van der Waals surface area contributed by atoms with E-state index >= 15 is 0 Å². The number of nitriles is 1. The monoisotopic (exact) mass is 482 g/mol. The molecule has 1 aromatic rings. The Labute approximate surface area is 192 Å². The van der Waals surface area contributed by atoms with E-state index < -0.39 is 39.0 Å². The van der Waals surface area contributed by atoms with Crippen molar-refractivity contribution in [3.05, 3.63) is 28.8 Å². The Bertz CT molecular complexity index is 1070. The molecule has 0 radical (unpaired) electrons. The van der Waals surface area contributed by atoms with Crippen molar-refractivity contribution < 1.29 is 22.8 Å². The summed E-state index contributed by atoms with van der Waals surface area (Å²) in [5, 5.41) is 14.5. The summed E-state index contributed by atoms with van der Waals surface area (Å²) in [6.45, 7) is 4.06. The van der Waals surface area contributed by atoms with Crippen molar-refractivity contribution in [2.45, 2.75) is 49.6 Å². The lowest BCUT2D eigenvalue weighted by Gasteiger charge is -2.30. The largest absolute Gasteiger partial charge is 0.356 e. The van der Waals surface area contributed by atoms with Crippen LogP contribution in [0.2, 0.25) is 5.02 Å². The summed E-state index contributed by atoms with van der Waals surface area (Å²) in [7, 11) is -3.55. The van der Waals surface area contributed by atoms with Gasteiger partial charge in [0.1, 0.15) is 6.04 Å². The third kappa shape index (κ3) is 5.85.